The Labute approximate surface area is 93.0 Å². The van der Waals surface area contributed by atoms with Crippen LogP contribution in [-0.2, 0) is 23.9 Å². The first-order chi connectivity index (χ1) is 6.34. The van der Waals surface area contributed by atoms with Crippen LogP contribution in [0.1, 0.15) is 20.8 Å². The van der Waals surface area contributed by atoms with Crippen LogP contribution in [0, 0.1) is 5.92 Å². The van der Waals surface area contributed by atoms with Gasteiger partial charge in [0.1, 0.15) is 5.92 Å². The molecular formula is C8H13ClO6. The summed E-state index contributed by atoms with van der Waals surface area (Å²) < 4.78 is 9.04. The van der Waals surface area contributed by atoms with E-state index in [2.05, 4.69) is 9.47 Å². The molecule has 0 saturated carbocycles. The molecule has 0 radical (unpaired) electrons. The van der Waals surface area contributed by atoms with Gasteiger partial charge in [0.15, 0.2) is 0 Å². The van der Waals surface area contributed by atoms with Crippen LogP contribution in [0.25, 0.3) is 0 Å². The Hall–Kier alpha value is -1.30. The van der Waals surface area contributed by atoms with E-state index in [9.17, 15) is 14.4 Å². The van der Waals surface area contributed by atoms with E-state index in [1.807, 2.05) is 0 Å². The number of rotatable bonds is 4. The first-order valence-electron chi connectivity index (χ1n) is 3.91. The minimum absolute atomic E-state index is 0. The normalized spacial score (nSPS) is 11.2. The van der Waals surface area contributed by atoms with Gasteiger partial charge in [-0.2, -0.15) is 0 Å². The number of carboxylic acid groups (broad SMARTS) is 1. The van der Waals surface area contributed by atoms with Crippen molar-refractivity contribution < 1.29 is 29.0 Å². The highest BCUT2D eigenvalue weighted by atomic mass is 35.5. The van der Waals surface area contributed by atoms with Crippen LogP contribution >= 0.6 is 12.4 Å². The van der Waals surface area contributed by atoms with Gasteiger partial charge in [0.25, 0.3) is 6.29 Å². The summed E-state index contributed by atoms with van der Waals surface area (Å²) in [5, 5.41) is 8.60. The molecule has 1 N–H and O–H groups in total. The van der Waals surface area contributed by atoms with Crippen LogP contribution in [0.4, 0.5) is 0 Å². The lowest BCUT2D eigenvalue weighted by molar-refractivity contribution is -0.197. The fraction of sp³-hybridized carbons (Fsp3) is 0.625. The molecule has 0 saturated heterocycles. The average molecular weight is 241 g/mol. The highest BCUT2D eigenvalue weighted by Gasteiger charge is 2.28. The lowest BCUT2D eigenvalue weighted by Crippen LogP contribution is -2.33. The van der Waals surface area contributed by atoms with E-state index in [4.69, 9.17) is 5.11 Å². The molecule has 0 aliphatic heterocycles. The second kappa shape index (κ2) is 7.05. The summed E-state index contributed by atoms with van der Waals surface area (Å²) in [7, 11) is 0. The molecule has 0 rings (SSSR count). The maximum Gasteiger partial charge on any atom is 0.313 e. The Balaban J connectivity index is 0. The molecule has 0 heterocycles. The zero-order chi connectivity index (χ0) is 11.3. The van der Waals surface area contributed by atoms with Crippen molar-refractivity contribution in [2.45, 2.75) is 27.1 Å². The minimum Gasteiger partial charge on any atom is -0.481 e. The van der Waals surface area contributed by atoms with Crippen molar-refractivity contribution >= 4 is 30.3 Å². The first-order valence-corrected chi connectivity index (χ1v) is 3.91. The summed E-state index contributed by atoms with van der Waals surface area (Å²) in [4.78, 5) is 31.6. The van der Waals surface area contributed by atoms with Crippen LogP contribution < -0.4 is 0 Å². The third-order valence-corrected chi connectivity index (χ3v) is 1.36. The quantitative estimate of drug-likeness (QED) is 0.571. The molecule has 0 aromatic carbocycles. The number of hydrogen-bond donors (Lipinski definition) is 1. The van der Waals surface area contributed by atoms with Crippen LogP contribution in [0.5, 0.6) is 0 Å². The van der Waals surface area contributed by atoms with E-state index < -0.39 is 30.1 Å². The predicted octanol–water partition coefficient (Wildman–Crippen LogP) is 0.581. The van der Waals surface area contributed by atoms with Gasteiger partial charge in [-0.25, -0.2) is 0 Å². The van der Waals surface area contributed by atoms with Gasteiger partial charge in [0.05, 0.1) is 0 Å². The molecule has 0 spiro atoms. The molecule has 7 heteroatoms. The van der Waals surface area contributed by atoms with Gasteiger partial charge in [-0.05, 0) is 6.92 Å². The van der Waals surface area contributed by atoms with Crippen molar-refractivity contribution in [3.05, 3.63) is 0 Å². The summed E-state index contributed by atoms with van der Waals surface area (Å²) >= 11 is 0. The second-order valence-corrected chi connectivity index (χ2v) is 2.71. The molecule has 0 aromatic rings. The number of aliphatic carboxylic acids is 1. The van der Waals surface area contributed by atoms with Crippen LogP contribution in [0.15, 0.2) is 0 Å². The highest BCUT2D eigenvalue weighted by molar-refractivity contribution is 5.85. The fourth-order valence-corrected chi connectivity index (χ4v) is 0.672. The molecule has 0 aliphatic carbocycles. The Morgan fingerprint density at radius 3 is 1.60 bits per heavy atom. The summed E-state index contributed by atoms with van der Waals surface area (Å²) in [6.07, 6.45) is -1.37. The monoisotopic (exact) mass is 240 g/mol. The van der Waals surface area contributed by atoms with Crippen molar-refractivity contribution in [3.63, 3.8) is 0 Å². The van der Waals surface area contributed by atoms with Gasteiger partial charge in [0.2, 0.25) is 0 Å². The number of halogens is 1. The average Bonchev–Trinajstić information content (AvgIpc) is 1.99. The second-order valence-electron chi connectivity index (χ2n) is 2.71. The number of ether oxygens (including phenoxy) is 2. The topological polar surface area (TPSA) is 89.9 Å². The van der Waals surface area contributed by atoms with Crippen molar-refractivity contribution in [2.75, 3.05) is 0 Å². The molecule has 0 bridgehead atoms. The number of esters is 2. The van der Waals surface area contributed by atoms with Gasteiger partial charge < -0.3 is 14.6 Å². The maximum atomic E-state index is 10.6. The van der Waals surface area contributed by atoms with E-state index in [0.717, 1.165) is 13.8 Å². The summed E-state index contributed by atoms with van der Waals surface area (Å²) in [5.74, 6) is -3.71. The predicted molar refractivity (Wildman–Crippen MR) is 51.4 cm³/mol. The summed E-state index contributed by atoms with van der Waals surface area (Å²) in [5.41, 5.74) is 0. The lowest BCUT2D eigenvalue weighted by Gasteiger charge is -2.19. The summed E-state index contributed by atoms with van der Waals surface area (Å²) in [6, 6.07) is 0. The zero-order valence-electron chi connectivity index (χ0n) is 8.55. The van der Waals surface area contributed by atoms with Gasteiger partial charge in [0, 0.05) is 13.8 Å². The van der Waals surface area contributed by atoms with Gasteiger partial charge in [-0.15, -0.1) is 12.4 Å². The molecule has 0 aliphatic rings. The van der Waals surface area contributed by atoms with Crippen molar-refractivity contribution in [3.8, 4) is 0 Å². The Morgan fingerprint density at radius 1 is 1.07 bits per heavy atom. The van der Waals surface area contributed by atoms with Crippen molar-refractivity contribution in [1.82, 2.24) is 0 Å². The van der Waals surface area contributed by atoms with E-state index in [0.29, 0.717) is 0 Å². The highest BCUT2D eigenvalue weighted by Crippen LogP contribution is 2.10. The molecule has 0 amide bonds. The van der Waals surface area contributed by atoms with E-state index in [-0.39, 0.29) is 12.4 Å². The Morgan fingerprint density at radius 2 is 1.40 bits per heavy atom. The first kappa shape index (κ1) is 16.1. The molecule has 0 aromatic heterocycles. The third kappa shape index (κ3) is 6.73. The van der Waals surface area contributed by atoms with Crippen LogP contribution in [-0.4, -0.2) is 29.3 Å². The maximum absolute atomic E-state index is 10.6. The fourth-order valence-electron chi connectivity index (χ4n) is 0.672. The molecule has 15 heavy (non-hydrogen) atoms. The van der Waals surface area contributed by atoms with E-state index in [1.165, 1.54) is 6.92 Å². The molecular weight excluding hydrogens is 228 g/mol. The van der Waals surface area contributed by atoms with Crippen LogP contribution in [0.2, 0.25) is 0 Å². The molecule has 6 nitrogen and oxygen atoms in total. The van der Waals surface area contributed by atoms with Crippen LogP contribution in [0.3, 0.4) is 0 Å². The Kier molecular flexibility index (Phi) is 7.59. The molecule has 1 unspecified atom stereocenters. The van der Waals surface area contributed by atoms with Gasteiger partial charge in [-0.3, -0.25) is 14.4 Å². The SMILES string of the molecule is CC(=O)OC(OC(C)=O)C(C)C(=O)O.Cl. The zero-order valence-corrected chi connectivity index (χ0v) is 9.37. The number of carbonyl (C=O) groups is 3. The number of carbonyl (C=O) groups excluding carboxylic acids is 2. The third-order valence-electron chi connectivity index (χ3n) is 1.36. The molecule has 88 valence electrons. The minimum atomic E-state index is -1.37. The number of hydrogen-bond acceptors (Lipinski definition) is 5. The lowest BCUT2D eigenvalue weighted by atomic mass is 10.2. The van der Waals surface area contributed by atoms with Crippen molar-refractivity contribution in [2.24, 2.45) is 5.92 Å². The Bertz CT molecular complexity index is 236. The molecule has 0 fully saturated rings. The van der Waals surface area contributed by atoms with Gasteiger partial charge >= 0.3 is 17.9 Å². The molecule has 1 atom stereocenters. The van der Waals surface area contributed by atoms with Crippen molar-refractivity contribution in [1.29, 1.82) is 0 Å². The number of carboxylic acids is 1. The summed E-state index contributed by atoms with van der Waals surface area (Å²) in [6.45, 7) is 3.48. The smallest absolute Gasteiger partial charge is 0.313 e. The van der Waals surface area contributed by atoms with E-state index in [1.54, 1.807) is 0 Å². The standard InChI is InChI=1S/C8H12O6.ClH/c1-4(7(11)12)8(13-5(2)9)14-6(3)10;/h4,8H,1-3H3,(H,11,12);1H. The van der Waals surface area contributed by atoms with Gasteiger partial charge in [-0.1, -0.05) is 0 Å². The largest absolute Gasteiger partial charge is 0.481 e. The van der Waals surface area contributed by atoms with E-state index >= 15 is 0 Å².